The molecule has 9 heteroatoms. The zero-order valence-corrected chi connectivity index (χ0v) is 18.9. The van der Waals surface area contributed by atoms with Gasteiger partial charge in [0.2, 0.25) is 5.91 Å². The van der Waals surface area contributed by atoms with Crippen LogP contribution < -0.4 is 5.32 Å². The van der Waals surface area contributed by atoms with Gasteiger partial charge in [-0.1, -0.05) is 24.3 Å². The Morgan fingerprint density at radius 1 is 0.939 bits per heavy atom. The monoisotopic (exact) mass is 460 g/mol. The first-order valence-electron chi connectivity index (χ1n) is 10.9. The van der Waals surface area contributed by atoms with E-state index in [1.807, 2.05) is 57.3 Å². The van der Waals surface area contributed by atoms with Gasteiger partial charge in [0.05, 0.1) is 17.8 Å². The Kier molecular flexibility index (Phi) is 6.14. The van der Waals surface area contributed by atoms with E-state index in [9.17, 15) is 9.59 Å². The molecule has 4 aromatic rings. The van der Waals surface area contributed by atoms with Gasteiger partial charge in [-0.3, -0.25) is 19.8 Å². The fourth-order valence-corrected chi connectivity index (χ4v) is 4.62. The van der Waals surface area contributed by atoms with Crippen LogP contribution in [0.4, 0.5) is 5.13 Å². The van der Waals surface area contributed by atoms with E-state index in [0.717, 1.165) is 31.0 Å². The maximum absolute atomic E-state index is 12.8. The Bertz CT molecular complexity index is 1230. The van der Waals surface area contributed by atoms with Crippen LogP contribution in [0.2, 0.25) is 0 Å². The lowest BCUT2D eigenvalue weighted by molar-refractivity contribution is -0.132. The average molecular weight is 461 g/mol. The molecule has 1 fully saturated rings. The third kappa shape index (κ3) is 5.10. The zero-order chi connectivity index (χ0) is 22.6. The summed E-state index contributed by atoms with van der Waals surface area (Å²) in [4.78, 5) is 38.3. The highest BCUT2D eigenvalue weighted by Gasteiger charge is 2.22. The molecule has 0 saturated carbocycles. The van der Waals surface area contributed by atoms with Crippen molar-refractivity contribution in [2.24, 2.45) is 0 Å². The summed E-state index contributed by atoms with van der Waals surface area (Å²) in [5.41, 5.74) is 3.24. The minimum Gasteiger partial charge on any atom is -0.340 e. The molecule has 0 spiro atoms. The number of piperazine rings is 1. The van der Waals surface area contributed by atoms with Gasteiger partial charge in [0, 0.05) is 56.1 Å². The first kappa shape index (κ1) is 21.3. The molecule has 2 amide bonds. The molecule has 4 heterocycles. The molecule has 0 radical (unpaired) electrons. The predicted molar refractivity (Wildman–Crippen MR) is 127 cm³/mol. The number of anilines is 1. The number of carbonyl (C=O) groups is 2. The topological polar surface area (TPSA) is 82.8 Å². The van der Waals surface area contributed by atoms with Crippen molar-refractivity contribution in [2.45, 2.75) is 13.0 Å². The minimum absolute atomic E-state index is 0.0635. The molecule has 1 aromatic carbocycles. The molecule has 1 saturated heterocycles. The quantitative estimate of drug-likeness (QED) is 0.478. The lowest BCUT2D eigenvalue weighted by atomic mass is 10.2. The second-order valence-corrected chi connectivity index (χ2v) is 8.85. The second-order valence-electron chi connectivity index (χ2n) is 8.00. The summed E-state index contributed by atoms with van der Waals surface area (Å²) >= 11 is 1.33. The van der Waals surface area contributed by atoms with E-state index in [2.05, 4.69) is 26.4 Å². The van der Waals surface area contributed by atoms with Crippen LogP contribution in [0.15, 0.2) is 66.3 Å². The number of fused-ring (bicyclic) bond motifs is 1. The van der Waals surface area contributed by atoms with Gasteiger partial charge in [0.1, 0.15) is 5.65 Å². The van der Waals surface area contributed by atoms with E-state index in [1.54, 1.807) is 12.1 Å². The summed E-state index contributed by atoms with van der Waals surface area (Å²) in [5, 5.41) is 5.13. The highest BCUT2D eigenvalue weighted by atomic mass is 32.1. The molecular weight excluding hydrogens is 436 g/mol. The minimum atomic E-state index is -0.204. The number of amides is 2. The van der Waals surface area contributed by atoms with Gasteiger partial charge in [-0.05, 0) is 24.3 Å². The van der Waals surface area contributed by atoms with Crippen molar-refractivity contribution in [3.05, 3.63) is 83.3 Å². The molecule has 0 aliphatic carbocycles. The van der Waals surface area contributed by atoms with Crippen LogP contribution in [0.25, 0.3) is 5.65 Å². The van der Waals surface area contributed by atoms with E-state index >= 15 is 0 Å². The SMILES string of the molecule is O=C(Nc1nc(CC(=O)N2CCN(Cc3cn4ccccc4n3)CC2)cs1)c1ccccc1. The summed E-state index contributed by atoms with van der Waals surface area (Å²) in [6.45, 7) is 3.78. The molecule has 0 bridgehead atoms. The molecule has 8 nitrogen and oxygen atoms in total. The molecule has 168 valence electrons. The third-order valence-corrected chi connectivity index (χ3v) is 6.47. The lowest BCUT2D eigenvalue weighted by Gasteiger charge is -2.34. The molecule has 5 rings (SSSR count). The molecule has 33 heavy (non-hydrogen) atoms. The van der Waals surface area contributed by atoms with E-state index in [1.165, 1.54) is 11.3 Å². The van der Waals surface area contributed by atoms with Crippen LogP contribution in [0.5, 0.6) is 0 Å². The van der Waals surface area contributed by atoms with Crippen LogP contribution in [-0.4, -0.2) is 62.2 Å². The summed E-state index contributed by atoms with van der Waals surface area (Å²) in [6.07, 6.45) is 4.30. The van der Waals surface area contributed by atoms with Crippen molar-refractivity contribution in [1.29, 1.82) is 0 Å². The number of imidazole rings is 1. The standard InChI is InChI=1S/C24H24N6O2S/c31-22(14-19-17-33-24(26-19)27-23(32)18-6-2-1-3-7-18)29-12-10-28(11-13-29)15-20-16-30-9-5-4-8-21(30)25-20/h1-9,16-17H,10-15H2,(H,26,27,32). The maximum Gasteiger partial charge on any atom is 0.257 e. The van der Waals surface area contributed by atoms with E-state index in [4.69, 9.17) is 0 Å². The fourth-order valence-electron chi connectivity index (χ4n) is 3.92. The molecule has 0 unspecified atom stereocenters. The number of pyridine rings is 1. The van der Waals surface area contributed by atoms with Crippen LogP contribution in [0, 0.1) is 0 Å². The average Bonchev–Trinajstić information content (AvgIpc) is 3.46. The van der Waals surface area contributed by atoms with Gasteiger partial charge in [0.25, 0.3) is 5.91 Å². The highest BCUT2D eigenvalue weighted by molar-refractivity contribution is 7.14. The number of hydrogen-bond donors (Lipinski definition) is 1. The van der Waals surface area contributed by atoms with Gasteiger partial charge in [-0.2, -0.15) is 0 Å². The summed E-state index contributed by atoms with van der Waals surface area (Å²) in [6, 6.07) is 15.0. The van der Waals surface area contributed by atoms with Crippen molar-refractivity contribution in [3.8, 4) is 0 Å². The molecule has 3 aromatic heterocycles. The van der Waals surface area contributed by atoms with Crippen LogP contribution in [0.1, 0.15) is 21.7 Å². The molecule has 1 aliphatic rings. The normalized spacial score (nSPS) is 14.5. The Morgan fingerprint density at radius 3 is 2.52 bits per heavy atom. The molecule has 1 aliphatic heterocycles. The van der Waals surface area contributed by atoms with E-state index in [-0.39, 0.29) is 18.2 Å². The van der Waals surface area contributed by atoms with E-state index in [0.29, 0.717) is 29.5 Å². The third-order valence-electron chi connectivity index (χ3n) is 5.67. The molecule has 1 N–H and O–H groups in total. The Labute approximate surface area is 195 Å². The predicted octanol–water partition coefficient (Wildman–Crippen LogP) is 2.93. The van der Waals surface area contributed by atoms with E-state index < -0.39 is 0 Å². The van der Waals surface area contributed by atoms with Crippen LogP contribution in [-0.2, 0) is 17.8 Å². The summed E-state index contributed by atoms with van der Waals surface area (Å²) < 4.78 is 2.03. The van der Waals surface area contributed by atoms with Crippen molar-refractivity contribution >= 4 is 33.9 Å². The summed E-state index contributed by atoms with van der Waals surface area (Å²) in [7, 11) is 0. The number of aromatic nitrogens is 3. The smallest absolute Gasteiger partial charge is 0.257 e. The largest absolute Gasteiger partial charge is 0.340 e. The summed E-state index contributed by atoms with van der Waals surface area (Å²) in [5.74, 6) is -0.141. The van der Waals surface area contributed by atoms with Gasteiger partial charge < -0.3 is 9.30 Å². The number of nitrogens with zero attached hydrogens (tertiary/aromatic N) is 5. The molecular formula is C24H24N6O2S. The Morgan fingerprint density at radius 2 is 1.73 bits per heavy atom. The van der Waals surface area contributed by atoms with Gasteiger partial charge >= 0.3 is 0 Å². The van der Waals surface area contributed by atoms with Crippen molar-refractivity contribution < 1.29 is 9.59 Å². The first-order chi connectivity index (χ1) is 16.1. The van der Waals surface area contributed by atoms with Crippen LogP contribution >= 0.6 is 11.3 Å². The fraction of sp³-hybridized carbons (Fsp3) is 0.250. The number of rotatable bonds is 6. The Balaban J connectivity index is 1.11. The number of benzene rings is 1. The van der Waals surface area contributed by atoms with Crippen molar-refractivity contribution in [1.82, 2.24) is 24.2 Å². The second kappa shape index (κ2) is 9.51. The number of nitrogens with one attached hydrogen (secondary N) is 1. The lowest BCUT2D eigenvalue weighted by Crippen LogP contribution is -2.48. The number of hydrogen-bond acceptors (Lipinski definition) is 6. The zero-order valence-electron chi connectivity index (χ0n) is 18.1. The number of thiazole rings is 1. The highest BCUT2D eigenvalue weighted by Crippen LogP contribution is 2.18. The first-order valence-corrected chi connectivity index (χ1v) is 11.8. The van der Waals surface area contributed by atoms with Gasteiger partial charge in [0.15, 0.2) is 5.13 Å². The Hall–Kier alpha value is -3.56. The van der Waals surface area contributed by atoms with Gasteiger partial charge in [-0.25, -0.2) is 9.97 Å². The maximum atomic E-state index is 12.8. The van der Waals surface area contributed by atoms with Gasteiger partial charge in [-0.15, -0.1) is 11.3 Å². The van der Waals surface area contributed by atoms with Crippen molar-refractivity contribution in [2.75, 3.05) is 31.5 Å². The van der Waals surface area contributed by atoms with Crippen molar-refractivity contribution in [3.63, 3.8) is 0 Å². The molecule has 0 atom stereocenters. The van der Waals surface area contributed by atoms with Crippen LogP contribution in [0.3, 0.4) is 0 Å². The number of carbonyl (C=O) groups excluding carboxylic acids is 2.